The first kappa shape index (κ1) is 24.2. The largest absolute Gasteiger partial charge is 0.458 e. The summed E-state index contributed by atoms with van der Waals surface area (Å²) in [7, 11) is 0. The Morgan fingerprint density at radius 1 is 1.11 bits per heavy atom. The fraction of sp³-hybridized carbons (Fsp3) is 0.231. The Labute approximate surface area is 207 Å². The van der Waals surface area contributed by atoms with Crippen LogP contribution in [0.1, 0.15) is 40.8 Å². The van der Waals surface area contributed by atoms with Crippen LogP contribution in [-0.4, -0.2) is 26.6 Å². The van der Waals surface area contributed by atoms with Crippen LogP contribution >= 0.6 is 11.3 Å². The highest BCUT2D eigenvalue weighted by Crippen LogP contribution is 2.26. The summed E-state index contributed by atoms with van der Waals surface area (Å²) in [5, 5.41) is 12.4. The normalized spacial score (nSPS) is 11.2. The predicted octanol–water partition coefficient (Wildman–Crippen LogP) is 4.86. The molecule has 0 spiro atoms. The number of nitrogens with one attached hydrogen (secondary N) is 2. The molecule has 0 aliphatic heterocycles. The van der Waals surface area contributed by atoms with Gasteiger partial charge in [-0.3, -0.25) is 19.6 Å². The van der Waals surface area contributed by atoms with Gasteiger partial charge in [-0.2, -0.15) is 5.10 Å². The molecule has 0 saturated carbocycles. The summed E-state index contributed by atoms with van der Waals surface area (Å²) in [5.41, 5.74) is 5.80. The van der Waals surface area contributed by atoms with Gasteiger partial charge in [-0.05, 0) is 44.5 Å². The number of benzene rings is 1. The lowest BCUT2D eigenvalue weighted by Crippen LogP contribution is -2.18. The van der Waals surface area contributed by atoms with Gasteiger partial charge in [0.2, 0.25) is 11.8 Å². The topological polar surface area (TPSA) is 102 Å². The monoisotopic (exact) mass is 489 g/mol. The minimum atomic E-state index is -0.276. The van der Waals surface area contributed by atoms with Gasteiger partial charge in [-0.25, -0.2) is 4.98 Å². The van der Waals surface area contributed by atoms with Crippen LogP contribution in [0.4, 0.5) is 5.13 Å². The van der Waals surface area contributed by atoms with Crippen molar-refractivity contribution >= 4 is 34.4 Å². The number of amides is 2. The number of aromatic nitrogens is 3. The zero-order chi connectivity index (χ0) is 24.9. The number of anilines is 1. The molecule has 1 aromatic carbocycles. The number of aryl methyl sites for hydroxylation is 2. The first-order valence-electron chi connectivity index (χ1n) is 11.2. The van der Waals surface area contributed by atoms with E-state index >= 15 is 0 Å². The molecule has 0 saturated heterocycles. The summed E-state index contributed by atoms with van der Waals surface area (Å²) in [6.45, 7) is 8.45. The summed E-state index contributed by atoms with van der Waals surface area (Å²) in [6, 6.07) is 12.0. The molecule has 0 atom stereocenters. The van der Waals surface area contributed by atoms with Gasteiger partial charge in [0.15, 0.2) is 10.9 Å². The van der Waals surface area contributed by atoms with Gasteiger partial charge in [0, 0.05) is 29.6 Å². The number of hydrogen-bond acceptors (Lipinski definition) is 6. The number of hydrogen-bond donors (Lipinski definition) is 2. The van der Waals surface area contributed by atoms with Crippen LogP contribution in [0.15, 0.2) is 52.3 Å². The van der Waals surface area contributed by atoms with E-state index in [-0.39, 0.29) is 11.8 Å². The highest BCUT2D eigenvalue weighted by Gasteiger charge is 2.12. The zero-order valence-corrected chi connectivity index (χ0v) is 20.9. The van der Waals surface area contributed by atoms with Gasteiger partial charge in [-0.1, -0.05) is 29.8 Å². The Balaban J connectivity index is 1.38. The van der Waals surface area contributed by atoms with E-state index in [1.54, 1.807) is 18.2 Å². The maximum Gasteiger partial charge on any atom is 0.250 e. The second-order valence-corrected chi connectivity index (χ2v) is 9.12. The highest BCUT2D eigenvalue weighted by atomic mass is 32.1. The van der Waals surface area contributed by atoms with Crippen molar-refractivity contribution in [2.45, 2.75) is 40.8 Å². The average Bonchev–Trinajstić information content (AvgIpc) is 3.53. The fourth-order valence-corrected chi connectivity index (χ4v) is 4.25. The van der Waals surface area contributed by atoms with Crippen molar-refractivity contribution in [3.63, 3.8) is 0 Å². The lowest BCUT2D eigenvalue weighted by molar-refractivity contribution is -0.119. The number of rotatable bonds is 8. The van der Waals surface area contributed by atoms with Crippen molar-refractivity contribution in [3.05, 3.63) is 81.7 Å². The summed E-state index contributed by atoms with van der Waals surface area (Å²) < 4.78 is 7.67. The molecule has 0 fully saturated rings. The highest BCUT2D eigenvalue weighted by molar-refractivity contribution is 7.14. The van der Waals surface area contributed by atoms with Crippen LogP contribution in [0.25, 0.3) is 17.5 Å². The van der Waals surface area contributed by atoms with Crippen molar-refractivity contribution < 1.29 is 14.0 Å². The van der Waals surface area contributed by atoms with E-state index in [4.69, 9.17) is 4.42 Å². The molecule has 0 bridgehead atoms. The second kappa shape index (κ2) is 10.5. The summed E-state index contributed by atoms with van der Waals surface area (Å²) in [5.74, 6) is 0.802. The summed E-state index contributed by atoms with van der Waals surface area (Å²) in [6.07, 6.45) is 3.28. The number of carbonyl (C=O) groups is 2. The van der Waals surface area contributed by atoms with Crippen molar-refractivity contribution in [1.82, 2.24) is 20.1 Å². The maximum atomic E-state index is 12.5. The molecule has 3 heterocycles. The molecule has 0 unspecified atom stereocenters. The minimum Gasteiger partial charge on any atom is -0.458 e. The van der Waals surface area contributed by atoms with Crippen LogP contribution in [0.2, 0.25) is 0 Å². The van der Waals surface area contributed by atoms with E-state index in [2.05, 4.69) is 51.9 Å². The molecule has 0 radical (unpaired) electrons. The fourth-order valence-electron chi connectivity index (χ4n) is 3.54. The van der Waals surface area contributed by atoms with Crippen LogP contribution in [-0.2, 0) is 22.7 Å². The van der Waals surface area contributed by atoms with Gasteiger partial charge >= 0.3 is 0 Å². The third-order valence-electron chi connectivity index (χ3n) is 5.45. The number of thiazole rings is 1. The Hall–Kier alpha value is -3.98. The van der Waals surface area contributed by atoms with Crippen molar-refractivity contribution in [3.8, 4) is 11.5 Å². The molecule has 9 heteroatoms. The predicted molar refractivity (Wildman–Crippen MR) is 137 cm³/mol. The van der Waals surface area contributed by atoms with Crippen molar-refractivity contribution in [1.29, 1.82) is 0 Å². The lowest BCUT2D eigenvalue weighted by atomic mass is 10.1. The molecule has 3 aromatic heterocycles. The molecule has 2 amide bonds. The van der Waals surface area contributed by atoms with E-state index in [0.717, 1.165) is 17.0 Å². The van der Waals surface area contributed by atoms with Crippen LogP contribution in [0, 0.1) is 20.8 Å². The van der Waals surface area contributed by atoms with E-state index in [1.807, 2.05) is 23.9 Å². The minimum absolute atomic E-state index is 0.126. The van der Waals surface area contributed by atoms with Crippen molar-refractivity contribution in [2.24, 2.45) is 0 Å². The first-order valence-corrected chi connectivity index (χ1v) is 12.0. The van der Waals surface area contributed by atoms with Crippen LogP contribution in [0.5, 0.6) is 0 Å². The van der Waals surface area contributed by atoms with Crippen LogP contribution in [0.3, 0.4) is 0 Å². The smallest absolute Gasteiger partial charge is 0.250 e. The molecule has 0 aliphatic rings. The molecular formula is C26H27N5O3S. The zero-order valence-electron chi connectivity index (χ0n) is 20.1. The Kier molecular flexibility index (Phi) is 7.26. The quantitative estimate of drug-likeness (QED) is 0.344. The SMILES string of the molecule is CC(=O)NCc1ccc(-c2csc(NC(=O)/C=C/c3c(C)nn(Cc4ccc(C)cc4)c3C)n2)o1. The molecule has 0 aliphatic carbocycles. The summed E-state index contributed by atoms with van der Waals surface area (Å²) >= 11 is 1.31. The number of carbonyl (C=O) groups excluding carboxylic acids is 2. The Morgan fingerprint density at radius 2 is 1.89 bits per heavy atom. The first-order chi connectivity index (χ1) is 16.8. The molecule has 8 nitrogen and oxygen atoms in total. The lowest BCUT2D eigenvalue weighted by Gasteiger charge is -2.05. The van der Waals surface area contributed by atoms with Gasteiger partial charge in [0.05, 0.1) is 18.8 Å². The number of nitrogens with zero attached hydrogens (tertiary/aromatic N) is 3. The number of furan rings is 1. The third-order valence-corrected chi connectivity index (χ3v) is 6.21. The van der Waals surface area contributed by atoms with Gasteiger partial charge in [0.25, 0.3) is 0 Å². The van der Waals surface area contributed by atoms with Gasteiger partial charge in [-0.15, -0.1) is 11.3 Å². The molecule has 2 N–H and O–H groups in total. The van der Waals surface area contributed by atoms with Gasteiger partial charge < -0.3 is 9.73 Å². The van der Waals surface area contributed by atoms with Crippen molar-refractivity contribution in [2.75, 3.05) is 5.32 Å². The molecule has 4 aromatic rings. The molecule has 4 rings (SSSR count). The average molecular weight is 490 g/mol. The Bertz CT molecular complexity index is 1380. The standard InChI is InChI=1S/C26H27N5O3S/c1-16-5-7-20(8-6-16)14-31-18(3)22(17(2)30-31)10-12-25(33)29-26-28-23(15-35-26)24-11-9-21(34-24)13-27-19(4)32/h5-12,15H,13-14H2,1-4H3,(H,27,32)(H,28,29,33)/b12-10+. The van der Waals surface area contributed by atoms with E-state index < -0.39 is 0 Å². The molecule has 180 valence electrons. The van der Waals surface area contributed by atoms with E-state index in [0.29, 0.717) is 35.4 Å². The van der Waals surface area contributed by atoms with E-state index in [9.17, 15) is 9.59 Å². The second-order valence-electron chi connectivity index (χ2n) is 8.26. The van der Waals surface area contributed by atoms with E-state index in [1.165, 1.54) is 35.5 Å². The van der Waals surface area contributed by atoms with Gasteiger partial charge in [0.1, 0.15) is 11.5 Å². The maximum absolute atomic E-state index is 12.5. The summed E-state index contributed by atoms with van der Waals surface area (Å²) in [4.78, 5) is 28.0. The molecule has 35 heavy (non-hydrogen) atoms. The molecular weight excluding hydrogens is 462 g/mol. The van der Waals surface area contributed by atoms with Crippen LogP contribution < -0.4 is 10.6 Å². The third kappa shape index (κ3) is 6.13. The Morgan fingerprint density at radius 3 is 2.63 bits per heavy atom.